The lowest BCUT2D eigenvalue weighted by atomic mass is 10.1. The van der Waals surface area contributed by atoms with Crippen molar-refractivity contribution in [3.8, 4) is 11.5 Å². The van der Waals surface area contributed by atoms with Gasteiger partial charge in [-0.15, -0.1) is 0 Å². The van der Waals surface area contributed by atoms with E-state index in [0.717, 1.165) is 12.8 Å². The average molecular weight is 533 g/mol. The van der Waals surface area contributed by atoms with E-state index in [-0.39, 0.29) is 36.1 Å². The van der Waals surface area contributed by atoms with Crippen LogP contribution in [0.1, 0.15) is 40.0 Å². The molecule has 10 heteroatoms. The number of fused-ring (bicyclic) bond motifs is 4. The van der Waals surface area contributed by atoms with Crippen LogP contribution in [0.15, 0.2) is 46.4 Å². The molecule has 2 unspecified atom stereocenters. The Balaban J connectivity index is 1.01. The van der Waals surface area contributed by atoms with Crippen LogP contribution < -0.4 is 9.47 Å². The summed E-state index contributed by atoms with van der Waals surface area (Å²) in [5.41, 5.74) is 2.40. The zero-order valence-corrected chi connectivity index (χ0v) is 22.1. The highest BCUT2D eigenvalue weighted by Crippen LogP contribution is 2.34. The number of aliphatic imine (C=N–C) groups is 2. The summed E-state index contributed by atoms with van der Waals surface area (Å²) in [5.74, 6) is 1.28. The molecule has 2 fully saturated rings. The molecule has 2 aromatic carbocycles. The Morgan fingerprint density at radius 2 is 1.21 bits per heavy atom. The van der Waals surface area contributed by atoms with E-state index >= 15 is 0 Å². The molecule has 2 aromatic rings. The Kier molecular flexibility index (Phi) is 7.05. The van der Waals surface area contributed by atoms with Crippen LogP contribution in [0.25, 0.3) is 0 Å². The lowest BCUT2D eigenvalue weighted by Crippen LogP contribution is -2.41. The summed E-state index contributed by atoms with van der Waals surface area (Å²) in [6.45, 7) is 2.28. The number of methoxy groups -OCH3 is 2. The number of rotatable bonds is 8. The van der Waals surface area contributed by atoms with Gasteiger partial charge in [-0.05, 0) is 43.5 Å². The van der Waals surface area contributed by atoms with E-state index in [1.165, 1.54) is 0 Å². The van der Waals surface area contributed by atoms with Crippen LogP contribution in [-0.2, 0) is 9.47 Å². The molecule has 10 nitrogen and oxygen atoms in total. The first-order valence-corrected chi connectivity index (χ1v) is 13.4. The lowest BCUT2D eigenvalue weighted by molar-refractivity contribution is 0.00711. The van der Waals surface area contributed by atoms with Gasteiger partial charge in [-0.3, -0.25) is 19.6 Å². The second kappa shape index (κ2) is 10.8. The van der Waals surface area contributed by atoms with Gasteiger partial charge in [0.25, 0.3) is 11.8 Å². The van der Waals surface area contributed by atoms with Crippen LogP contribution in [0, 0.1) is 0 Å². The summed E-state index contributed by atoms with van der Waals surface area (Å²) >= 11 is 0. The van der Waals surface area contributed by atoms with E-state index in [9.17, 15) is 9.59 Å². The molecular formula is C29H32N4O6. The summed E-state index contributed by atoms with van der Waals surface area (Å²) in [5, 5.41) is 0. The molecule has 204 valence electrons. The molecule has 0 saturated carbocycles. The number of carbonyl (C=O) groups excluding carboxylic acids is 2. The Morgan fingerprint density at radius 1 is 0.744 bits per heavy atom. The van der Waals surface area contributed by atoms with Gasteiger partial charge in [-0.1, -0.05) is 0 Å². The number of hydrogen-bond donors (Lipinski definition) is 0. The van der Waals surface area contributed by atoms with Gasteiger partial charge >= 0.3 is 0 Å². The predicted octanol–water partition coefficient (Wildman–Crippen LogP) is 3.43. The Labute approximate surface area is 227 Å². The smallest absolute Gasteiger partial charge is 0.256 e. The Hall–Kier alpha value is -3.76. The zero-order valence-electron chi connectivity index (χ0n) is 22.1. The first-order valence-electron chi connectivity index (χ1n) is 13.4. The molecule has 2 amide bonds. The van der Waals surface area contributed by atoms with Crippen molar-refractivity contribution in [1.82, 2.24) is 9.80 Å². The van der Waals surface area contributed by atoms with Crippen molar-refractivity contribution in [2.24, 2.45) is 9.98 Å². The highest BCUT2D eigenvalue weighted by Gasteiger charge is 2.40. The van der Waals surface area contributed by atoms with E-state index in [1.54, 1.807) is 50.6 Å². The van der Waals surface area contributed by atoms with E-state index in [0.29, 0.717) is 66.7 Å². The fraction of sp³-hybridized carbons (Fsp3) is 0.448. The van der Waals surface area contributed by atoms with Crippen LogP contribution in [0.5, 0.6) is 11.5 Å². The minimum Gasteiger partial charge on any atom is -0.497 e. The third-order valence-electron chi connectivity index (χ3n) is 7.87. The summed E-state index contributed by atoms with van der Waals surface area (Å²) < 4.78 is 23.0. The maximum absolute atomic E-state index is 13.1. The Bertz CT molecular complexity index is 1230. The first kappa shape index (κ1) is 25.5. The molecular weight excluding hydrogens is 500 g/mol. The summed E-state index contributed by atoms with van der Waals surface area (Å²) in [7, 11) is 3.19. The molecule has 0 N–H and O–H groups in total. The monoisotopic (exact) mass is 532 g/mol. The minimum absolute atomic E-state index is 0.0319. The maximum Gasteiger partial charge on any atom is 0.256 e. The van der Waals surface area contributed by atoms with Crippen molar-refractivity contribution in [2.45, 2.75) is 43.6 Å². The number of benzene rings is 2. The maximum atomic E-state index is 13.1. The van der Waals surface area contributed by atoms with Crippen LogP contribution >= 0.6 is 0 Å². The van der Waals surface area contributed by atoms with Crippen LogP contribution in [-0.4, -0.2) is 98.9 Å². The van der Waals surface area contributed by atoms with Crippen molar-refractivity contribution < 1.29 is 28.5 Å². The number of hydrogen-bond acceptors (Lipinski definition) is 8. The van der Waals surface area contributed by atoms with Crippen molar-refractivity contribution in [2.75, 3.05) is 40.5 Å². The van der Waals surface area contributed by atoms with E-state index in [1.807, 2.05) is 22.2 Å². The fourth-order valence-electron chi connectivity index (χ4n) is 5.77. The number of nitrogens with zero attached hydrogens (tertiary/aromatic N) is 4. The van der Waals surface area contributed by atoms with Gasteiger partial charge in [0.05, 0.1) is 61.0 Å². The molecule has 4 aliphatic rings. The van der Waals surface area contributed by atoms with Crippen molar-refractivity contribution in [3.05, 3.63) is 47.5 Å². The molecule has 6 rings (SSSR count). The van der Waals surface area contributed by atoms with Gasteiger partial charge in [0.2, 0.25) is 0 Å². The largest absolute Gasteiger partial charge is 0.497 e. The molecule has 0 spiro atoms. The van der Waals surface area contributed by atoms with Gasteiger partial charge < -0.3 is 28.7 Å². The first-order chi connectivity index (χ1) is 19.1. The van der Waals surface area contributed by atoms with Gasteiger partial charge in [0.15, 0.2) is 0 Å². The quantitative estimate of drug-likeness (QED) is 0.483. The van der Waals surface area contributed by atoms with Gasteiger partial charge in [-0.25, -0.2) is 0 Å². The molecule has 0 aliphatic carbocycles. The van der Waals surface area contributed by atoms with Gasteiger partial charge in [0.1, 0.15) is 11.5 Å². The van der Waals surface area contributed by atoms with Gasteiger partial charge in [0, 0.05) is 50.9 Å². The highest BCUT2D eigenvalue weighted by atomic mass is 16.5. The van der Waals surface area contributed by atoms with E-state index < -0.39 is 0 Å². The molecule has 0 aromatic heterocycles. The fourth-order valence-corrected chi connectivity index (χ4v) is 5.77. The third kappa shape index (κ3) is 4.79. The standard InChI is InChI=1S/C29H32N4O6/c1-36-18-4-6-20-22(14-18)30-16-24-26(8-10-32(24)28(20)34)38-12-3-13-39-27-9-11-33-25(27)17-31-23-15-19(37-2)5-7-21(23)29(33)35/h4-7,14-17,24-27H,3,8-13H2,1-2H3/t24-,25-,26?,27?/m0/s1. The molecule has 0 bridgehead atoms. The van der Waals surface area contributed by atoms with Crippen LogP contribution in [0.3, 0.4) is 0 Å². The molecule has 4 heterocycles. The molecule has 2 saturated heterocycles. The molecule has 4 aliphatic heterocycles. The number of carbonyl (C=O) groups is 2. The normalized spacial score (nSPS) is 25.1. The molecule has 0 radical (unpaired) electrons. The van der Waals surface area contributed by atoms with E-state index in [2.05, 4.69) is 9.98 Å². The Morgan fingerprint density at radius 3 is 1.64 bits per heavy atom. The third-order valence-corrected chi connectivity index (χ3v) is 7.87. The lowest BCUT2D eigenvalue weighted by Gasteiger charge is -2.24. The van der Waals surface area contributed by atoms with Crippen molar-refractivity contribution >= 4 is 35.6 Å². The summed E-state index contributed by atoms with van der Waals surface area (Å²) in [6.07, 6.45) is 5.64. The van der Waals surface area contributed by atoms with Gasteiger partial charge in [-0.2, -0.15) is 0 Å². The van der Waals surface area contributed by atoms with Crippen LogP contribution in [0.2, 0.25) is 0 Å². The highest BCUT2D eigenvalue weighted by molar-refractivity contribution is 6.04. The second-order valence-corrected chi connectivity index (χ2v) is 10.1. The van der Waals surface area contributed by atoms with Crippen molar-refractivity contribution in [1.29, 1.82) is 0 Å². The van der Waals surface area contributed by atoms with Crippen molar-refractivity contribution in [3.63, 3.8) is 0 Å². The topological polar surface area (TPSA) is 102 Å². The average Bonchev–Trinajstić information content (AvgIpc) is 3.49. The van der Waals surface area contributed by atoms with E-state index in [4.69, 9.17) is 18.9 Å². The summed E-state index contributed by atoms with van der Waals surface area (Å²) in [6, 6.07) is 10.3. The SMILES string of the molecule is COc1ccc2c(c1)N=C[C@H]1C(OCCCOC3CCN4C(=O)c5ccc(OC)cc5N=C[C@@H]34)CCN1C2=O. The predicted molar refractivity (Wildman–Crippen MR) is 145 cm³/mol. The number of amides is 2. The second-order valence-electron chi connectivity index (χ2n) is 10.1. The van der Waals surface area contributed by atoms with Crippen LogP contribution in [0.4, 0.5) is 11.4 Å². The number of ether oxygens (including phenoxy) is 4. The molecule has 4 atom stereocenters. The zero-order chi connectivity index (χ0) is 26.9. The molecule has 39 heavy (non-hydrogen) atoms. The minimum atomic E-state index is -0.200. The summed E-state index contributed by atoms with van der Waals surface area (Å²) in [4.78, 5) is 39.1.